The normalized spacial score (nSPS) is 35.5. The van der Waals surface area contributed by atoms with Crippen molar-refractivity contribution in [1.82, 2.24) is 4.98 Å². The average Bonchev–Trinajstić information content (AvgIpc) is 3.20. The number of halogens is 1. The van der Waals surface area contributed by atoms with Crippen molar-refractivity contribution in [3.05, 3.63) is 35.8 Å². The number of hydrogen-bond donors (Lipinski definition) is 1. The molecule has 2 aromatic rings. The van der Waals surface area contributed by atoms with E-state index in [1.165, 1.54) is 82.7 Å². The van der Waals surface area contributed by atoms with Gasteiger partial charge < -0.3 is 4.98 Å². The van der Waals surface area contributed by atoms with E-state index in [0.717, 1.165) is 40.5 Å². The molecule has 158 valence electrons. The van der Waals surface area contributed by atoms with Gasteiger partial charge >= 0.3 is 0 Å². The van der Waals surface area contributed by atoms with Crippen LogP contribution in [-0.4, -0.2) is 4.98 Å². The van der Waals surface area contributed by atoms with Crippen LogP contribution < -0.4 is 0 Å². The van der Waals surface area contributed by atoms with E-state index in [2.05, 4.69) is 18.0 Å². The third kappa shape index (κ3) is 4.01. The molecule has 1 N–H and O–H groups in total. The van der Waals surface area contributed by atoms with E-state index >= 15 is 0 Å². The van der Waals surface area contributed by atoms with E-state index in [1.54, 1.807) is 12.1 Å². The molecule has 0 amide bonds. The molecule has 4 atom stereocenters. The SMILES string of the molecule is CCC[C@H]1CC[C@@H]2C[C@H](C3CCC(c4cc5c(F)cccc5[nH]4)CC3)CC[C@H]2C1. The molecule has 0 unspecified atom stereocenters. The molecule has 0 spiro atoms. The Kier molecular flexibility index (Phi) is 5.71. The maximum Gasteiger partial charge on any atom is 0.132 e. The Morgan fingerprint density at radius 2 is 1.55 bits per heavy atom. The van der Waals surface area contributed by atoms with Gasteiger partial charge in [-0.1, -0.05) is 32.3 Å². The zero-order chi connectivity index (χ0) is 19.8. The monoisotopic (exact) mass is 395 g/mol. The van der Waals surface area contributed by atoms with Crippen LogP contribution in [0.4, 0.5) is 4.39 Å². The average molecular weight is 396 g/mol. The van der Waals surface area contributed by atoms with E-state index in [1.807, 2.05) is 6.07 Å². The third-order valence-electron chi connectivity index (χ3n) is 8.97. The van der Waals surface area contributed by atoms with Crippen LogP contribution in [0, 0.1) is 35.4 Å². The second-order valence-electron chi connectivity index (χ2n) is 10.6. The number of rotatable bonds is 4. The molecule has 0 saturated heterocycles. The minimum Gasteiger partial charge on any atom is -0.358 e. The third-order valence-corrected chi connectivity index (χ3v) is 8.97. The summed E-state index contributed by atoms with van der Waals surface area (Å²) in [5.41, 5.74) is 2.22. The van der Waals surface area contributed by atoms with E-state index in [9.17, 15) is 4.39 Å². The van der Waals surface area contributed by atoms with Crippen molar-refractivity contribution in [3.8, 4) is 0 Å². The summed E-state index contributed by atoms with van der Waals surface area (Å²) in [4.78, 5) is 3.51. The van der Waals surface area contributed by atoms with Gasteiger partial charge in [-0.2, -0.15) is 0 Å². The van der Waals surface area contributed by atoms with E-state index < -0.39 is 0 Å². The standard InChI is InChI=1S/C27H38FN/c1-2-4-18-7-8-23-16-22(14-13-21(23)15-18)19-9-11-20(12-10-19)27-17-24-25(28)5-3-6-26(24)29-27/h3,5-6,17-23,29H,2,4,7-16H2,1H3/t18-,19?,20?,21-,22+,23+/m0/s1. The van der Waals surface area contributed by atoms with E-state index in [0.29, 0.717) is 5.92 Å². The number of aromatic nitrogens is 1. The zero-order valence-corrected chi connectivity index (χ0v) is 18.1. The van der Waals surface area contributed by atoms with Crippen molar-refractivity contribution in [2.24, 2.45) is 29.6 Å². The van der Waals surface area contributed by atoms with Gasteiger partial charge in [0.2, 0.25) is 0 Å². The lowest BCUT2D eigenvalue weighted by Crippen LogP contribution is -2.34. The van der Waals surface area contributed by atoms with Crippen molar-refractivity contribution in [2.45, 2.75) is 89.9 Å². The first-order valence-electron chi connectivity index (χ1n) is 12.5. The molecular weight excluding hydrogens is 357 g/mol. The van der Waals surface area contributed by atoms with Gasteiger partial charge in [0.05, 0.1) is 0 Å². The molecule has 0 bridgehead atoms. The molecule has 3 fully saturated rings. The Morgan fingerprint density at radius 3 is 2.31 bits per heavy atom. The van der Waals surface area contributed by atoms with Crippen LogP contribution in [0.3, 0.4) is 0 Å². The van der Waals surface area contributed by atoms with Crippen molar-refractivity contribution in [3.63, 3.8) is 0 Å². The predicted octanol–water partition coefficient (Wildman–Crippen LogP) is 8.21. The fourth-order valence-electron chi connectivity index (χ4n) is 7.38. The number of benzene rings is 1. The summed E-state index contributed by atoms with van der Waals surface area (Å²) in [6.45, 7) is 2.35. The lowest BCUT2D eigenvalue weighted by Gasteiger charge is -2.45. The second-order valence-corrected chi connectivity index (χ2v) is 10.6. The number of aromatic amines is 1. The lowest BCUT2D eigenvalue weighted by atomic mass is 9.60. The van der Waals surface area contributed by atoms with Crippen molar-refractivity contribution in [2.75, 3.05) is 0 Å². The van der Waals surface area contributed by atoms with Gasteiger partial charge in [0.1, 0.15) is 5.82 Å². The molecule has 3 aliphatic carbocycles. The first-order chi connectivity index (χ1) is 14.2. The quantitative estimate of drug-likeness (QED) is 0.537. The van der Waals surface area contributed by atoms with Gasteiger partial charge in [-0.3, -0.25) is 0 Å². The molecular formula is C27H38FN. The van der Waals surface area contributed by atoms with E-state index in [-0.39, 0.29) is 5.82 Å². The summed E-state index contributed by atoms with van der Waals surface area (Å²) < 4.78 is 14.1. The molecule has 1 nitrogen and oxygen atoms in total. The summed E-state index contributed by atoms with van der Waals surface area (Å²) in [5, 5.41) is 0.765. The summed E-state index contributed by atoms with van der Waals surface area (Å²) in [6.07, 6.45) is 17.2. The largest absolute Gasteiger partial charge is 0.358 e. The highest BCUT2D eigenvalue weighted by molar-refractivity contribution is 5.81. The highest BCUT2D eigenvalue weighted by Crippen LogP contribution is 2.50. The molecule has 2 heteroatoms. The van der Waals surface area contributed by atoms with E-state index in [4.69, 9.17) is 0 Å². The Labute approximate surface area is 175 Å². The van der Waals surface area contributed by atoms with Crippen molar-refractivity contribution >= 4 is 10.9 Å². The van der Waals surface area contributed by atoms with Crippen LogP contribution in [0.5, 0.6) is 0 Å². The molecule has 29 heavy (non-hydrogen) atoms. The van der Waals surface area contributed by atoms with Crippen LogP contribution in [0.1, 0.15) is 95.6 Å². The fraction of sp³-hybridized carbons (Fsp3) is 0.704. The highest BCUT2D eigenvalue weighted by atomic mass is 19.1. The minimum absolute atomic E-state index is 0.0934. The molecule has 3 aliphatic rings. The Bertz CT molecular complexity index is 815. The lowest BCUT2D eigenvalue weighted by molar-refractivity contribution is 0.0617. The maximum atomic E-state index is 14.1. The summed E-state index contributed by atoms with van der Waals surface area (Å²) in [6, 6.07) is 7.46. The highest BCUT2D eigenvalue weighted by Gasteiger charge is 2.38. The zero-order valence-electron chi connectivity index (χ0n) is 18.1. The smallest absolute Gasteiger partial charge is 0.132 e. The van der Waals surface area contributed by atoms with Crippen molar-refractivity contribution < 1.29 is 4.39 Å². The molecule has 1 aromatic heterocycles. The van der Waals surface area contributed by atoms with Crippen LogP contribution in [0.2, 0.25) is 0 Å². The maximum absolute atomic E-state index is 14.1. The summed E-state index contributed by atoms with van der Waals surface area (Å²) in [7, 11) is 0. The Morgan fingerprint density at radius 1 is 0.862 bits per heavy atom. The van der Waals surface area contributed by atoms with Crippen LogP contribution in [0.25, 0.3) is 10.9 Å². The van der Waals surface area contributed by atoms with Crippen molar-refractivity contribution in [1.29, 1.82) is 0 Å². The number of nitrogens with one attached hydrogen (secondary N) is 1. The Hall–Kier alpha value is -1.31. The van der Waals surface area contributed by atoms with Gasteiger partial charge in [-0.25, -0.2) is 4.39 Å². The first kappa shape index (κ1) is 19.6. The van der Waals surface area contributed by atoms with Gasteiger partial charge in [0, 0.05) is 16.6 Å². The fourth-order valence-corrected chi connectivity index (χ4v) is 7.38. The van der Waals surface area contributed by atoms with Gasteiger partial charge in [0.25, 0.3) is 0 Å². The predicted molar refractivity (Wildman–Crippen MR) is 120 cm³/mol. The van der Waals surface area contributed by atoms with Gasteiger partial charge in [-0.05, 0) is 111 Å². The molecule has 0 aliphatic heterocycles. The van der Waals surface area contributed by atoms with Gasteiger partial charge in [-0.15, -0.1) is 0 Å². The summed E-state index contributed by atoms with van der Waals surface area (Å²) in [5.74, 6) is 5.56. The van der Waals surface area contributed by atoms with Crippen LogP contribution >= 0.6 is 0 Å². The number of H-pyrrole nitrogens is 1. The molecule has 1 aromatic carbocycles. The minimum atomic E-state index is -0.0934. The number of fused-ring (bicyclic) bond motifs is 2. The summed E-state index contributed by atoms with van der Waals surface area (Å²) >= 11 is 0. The Balaban J connectivity index is 1.17. The number of hydrogen-bond acceptors (Lipinski definition) is 0. The molecule has 5 rings (SSSR count). The second kappa shape index (κ2) is 8.44. The topological polar surface area (TPSA) is 15.8 Å². The first-order valence-corrected chi connectivity index (χ1v) is 12.5. The molecule has 0 radical (unpaired) electrons. The molecule has 1 heterocycles. The van der Waals surface area contributed by atoms with Crippen LogP contribution in [0.15, 0.2) is 24.3 Å². The van der Waals surface area contributed by atoms with Crippen LogP contribution in [-0.2, 0) is 0 Å². The van der Waals surface area contributed by atoms with Gasteiger partial charge in [0.15, 0.2) is 0 Å². The molecule has 3 saturated carbocycles.